The van der Waals surface area contributed by atoms with E-state index in [1.54, 1.807) is 19.2 Å². The number of hydrogen-bond donors (Lipinski definition) is 1. The molecule has 0 saturated carbocycles. The van der Waals surface area contributed by atoms with E-state index in [1.165, 1.54) is 17.5 Å². The summed E-state index contributed by atoms with van der Waals surface area (Å²) in [7, 11) is 0. The summed E-state index contributed by atoms with van der Waals surface area (Å²) in [5.74, 6) is -0.652. The van der Waals surface area contributed by atoms with Crippen LogP contribution in [-0.4, -0.2) is 17.6 Å². The minimum absolute atomic E-state index is 0.0960. The number of carbonyl (C=O) groups is 1. The van der Waals surface area contributed by atoms with Crippen LogP contribution in [0.5, 0.6) is 0 Å². The molecule has 0 aliphatic rings. The van der Waals surface area contributed by atoms with E-state index in [0.717, 1.165) is 16.9 Å². The van der Waals surface area contributed by atoms with Gasteiger partial charge in [-0.15, -0.1) is 11.3 Å². The van der Waals surface area contributed by atoms with Crippen molar-refractivity contribution in [2.24, 2.45) is 0 Å². The van der Waals surface area contributed by atoms with Crippen molar-refractivity contribution in [3.05, 3.63) is 57.7 Å². The molecular formula is C16H14ClN3O2S. The monoisotopic (exact) mass is 347 g/mol. The van der Waals surface area contributed by atoms with Crippen LogP contribution >= 0.6 is 22.9 Å². The van der Waals surface area contributed by atoms with Crippen molar-refractivity contribution in [2.75, 3.05) is 11.9 Å². The van der Waals surface area contributed by atoms with Crippen molar-refractivity contribution in [3.8, 4) is 6.07 Å². The van der Waals surface area contributed by atoms with Crippen LogP contribution in [0.4, 0.5) is 5.13 Å². The highest BCUT2D eigenvalue weighted by Crippen LogP contribution is 2.22. The normalized spacial score (nSPS) is 10.9. The van der Waals surface area contributed by atoms with Crippen LogP contribution in [-0.2, 0) is 16.0 Å². The van der Waals surface area contributed by atoms with Crippen LogP contribution in [0.25, 0.3) is 0 Å². The van der Waals surface area contributed by atoms with Gasteiger partial charge in [-0.25, -0.2) is 9.78 Å². The molecule has 2 aromatic rings. The largest absolute Gasteiger partial charge is 0.462 e. The average Bonchev–Trinajstić information content (AvgIpc) is 2.98. The molecule has 23 heavy (non-hydrogen) atoms. The van der Waals surface area contributed by atoms with Gasteiger partial charge in [-0.05, 0) is 24.6 Å². The fraction of sp³-hybridized carbons (Fsp3) is 0.188. The fourth-order valence-corrected chi connectivity index (χ4v) is 2.68. The number of halogens is 1. The second-order valence-corrected chi connectivity index (χ2v) is 6.02. The lowest BCUT2D eigenvalue weighted by Gasteiger charge is -2.00. The Hall–Kier alpha value is -2.36. The van der Waals surface area contributed by atoms with Gasteiger partial charge in [-0.2, -0.15) is 5.26 Å². The maximum absolute atomic E-state index is 11.5. The van der Waals surface area contributed by atoms with Crippen molar-refractivity contribution < 1.29 is 9.53 Å². The van der Waals surface area contributed by atoms with E-state index >= 15 is 0 Å². The Kier molecular flexibility index (Phi) is 6.15. The quantitative estimate of drug-likeness (QED) is 0.489. The lowest BCUT2D eigenvalue weighted by molar-refractivity contribution is -0.138. The summed E-state index contributed by atoms with van der Waals surface area (Å²) in [6.07, 6.45) is 3.80. The van der Waals surface area contributed by atoms with Crippen molar-refractivity contribution >= 4 is 34.0 Å². The van der Waals surface area contributed by atoms with Gasteiger partial charge in [-0.1, -0.05) is 23.7 Å². The number of hydrogen-bond acceptors (Lipinski definition) is 6. The first-order chi connectivity index (χ1) is 11.1. The van der Waals surface area contributed by atoms with Gasteiger partial charge in [0.05, 0.1) is 6.61 Å². The maximum atomic E-state index is 11.5. The van der Waals surface area contributed by atoms with Gasteiger partial charge in [0, 0.05) is 28.7 Å². The number of ether oxygens (including phenoxy) is 1. The SMILES string of the molecule is CCOC(=O)/C(C#N)=C/Nc1ncc(Cc2ccc(Cl)cc2)s1. The first-order valence-corrected chi connectivity index (χ1v) is 8.05. The van der Waals surface area contributed by atoms with E-state index in [9.17, 15) is 4.79 Å². The Morgan fingerprint density at radius 1 is 1.48 bits per heavy atom. The molecular weight excluding hydrogens is 334 g/mol. The van der Waals surface area contributed by atoms with Crippen LogP contribution in [0.1, 0.15) is 17.4 Å². The molecule has 0 spiro atoms. The van der Waals surface area contributed by atoms with Gasteiger partial charge >= 0.3 is 5.97 Å². The highest BCUT2D eigenvalue weighted by molar-refractivity contribution is 7.15. The molecule has 0 radical (unpaired) electrons. The van der Waals surface area contributed by atoms with E-state index in [4.69, 9.17) is 21.6 Å². The summed E-state index contributed by atoms with van der Waals surface area (Å²) in [5, 5.41) is 13.1. The lowest BCUT2D eigenvalue weighted by atomic mass is 10.1. The number of carbonyl (C=O) groups excluding carboxylic acids is 1. The van der Waals surface area contributed by atoms with E-state index in [-0.39, 0.29) is 12.2 Å². The molecule has 1 N–H and O–H groups in total. The molecule has 0 atom stereocenters. The predicted molar refractivity (Wildman–Crippen MR) is 90.3 cm³/mol. The van der Waals surface area contributed by atoms with Crippen LogP contribution in [0.15, 0.2) is 42.2 Å². The zero-order valence-electron chi connectivity index (χ0n) is 12.4. The Morgan fingerprint density at radius 2 is 2.22 bits per heavy atom. The number of rotatable bonds is 6. The molecule has 7 heteroatoms. The summed E-state index contributed by atoms with van der Waals surface area (Å²) >= 11 is 7.31. The maximum Gasteiger partial charge on any atom is 0.350 e. The Bertz CT molecular complexity index is 747. The third-order valence-electron chi connectivity index (χ3n) is 2.80. The second kappa shape index (κ2) is 8.32. The Labute approximate surface area is 143 Å². The summed E-state index contributed by atoms with van der Waals surface area (Å²) in [4.78, 5) is 16.8. The van der Waals surface area contributed by atoms with Gasteiger partial charge in [0.2, 0.25) is 0 Å². The average molecular weight is 348 g/mol. The van der Waals surface area contributed by atoms with Crippen molar-refractivity contribution in [1.82, 2.24) is 4.98 Å². The van der Waals surface area contributed by atoms with Crippen molar-refractivity contribution in [3.63, 3.8) is 0 Å². The zero-order chi connectivity index (χ0) is 16.7. The fourth-order valence-electron chi connectivity index (χ4n) is 1.74. The molecule has 0 fully saturated rings. The third-order valence-corrected chi connectivity index (χ3v) is 3.98. The Balaban J connectivity index is 2.00. The standard InChI is InChI=1S/C16H14ClN3O2S/c1-2-22-15(21)12(8-18)9-19-16-20-10-14(23-16)7-11-3-5-13(17)6-4-11/h3-6,9-10H,2,7H2,1H3,(H,19,20)/b12-9+. The van der Waals surface area contributed by atoms with Crippen LogP contribution in [0.3, 0.4) is 0 Å². The Morgan fingerprint density at radius 3 is 2.87 bits per heavy atom. The number of nitriles is 1. The number of benzene rings is 1. The summed E-state index contributed by atoms with van der Waals surface area (Å²) in [6, 6.07) is 9.41. The molecule has 118 valence electrons. The molecule has 1 heterocycles. The lowest BCUT2D eigenvalue weighted by Crippen LogP contribution is -2.07. The molecule has 0 unspecified atom stereocenters. The zero-order valence-corrected chi connectivity index (χ0v) is 13.9. The molecule has 0 aliphatic carbocycles. The number of aromatic nitrogens is 1. The number of esters is 1. The smallest absolute Gasteiger partial charge is 0.350 e. The second-order valence-electron chi connectivity index (χ2n) is 4.47. The summed E-state index contributed by atoms with van der Waals surface area (Å²) in [5.41, 5.74) is 1.03. The molecule has 1 aromatic heterocycles. The van der Waals surface area contributed by atoms with Crippen LogP contribution in [0.2, 0.25) is 5.02 Å². The van der Waals surface area contributed by atoms with E-state index in [1.807, 2.05) is 24.3 Å². The van der Waals surface area contributed by atoms with Gasteiger partial charge in [0.15, 0.2) is 10.7 Å². The number of nitrogens with one attached hydrogen (secondary N) is 1. The summed E-state index contributed by atoms with van der Waals surface area (Å²) in [6.45, 7) is 1.91. The van der Waals surface area contributed by atoms with E-state index < -0.39 is 5.97 Å². The number of thiazole rings is 1. The molecule has 0 bridgehead atoms. The highest BCUT2D eigenvalue weighted by Gasteiger charge is 2.10. The van der Waals surface area contributed by atoms with Gasteiger partial charge in [0.1, 0.15) is 6.07 Å². The minimum atomic E-state index is -0.652. The highest BCUT2D eigenvalue weighted by atomic mass is 35.5. The molecule has 1 aromatic carbocycles. The van der Waals surface area contributed by atoms with E-state index in [0.29, 0.717) is 10.2 Å². The van der Waals surface area contributed by atoms with Gasteiger partial charge in [-0.3, -0.25) is 0 Å². The first kappa shape index (κ1) is 17.0. The first-order valence-electron chi connectivity index (χ1n) is 6.85. The van der Waals surface area contributed by atoms with Crippen molar-refractivity contribution in [1.29, 1.82) is 5.26 Å². The van der Waals surface area contributed by atoms with Gasteiger partial charge in [0.25, 0.3) is 0 Å². The summed E-state index contributed by atoms with van der Waals surface area (Å²) < 4.78 is 4.78. The minimum Gasteiger partial charge on any atom is -0.462 e. The molecule has 5 nitrogen and oxygen atoms in total. The number of nitrogens with zero attached hydrogens (tertiary/aromatic N) is 2. The molecule has 0 saturated heterocycles. The molecule has 0 amide bonds. The third kappa shape index (κ3) is 5.09. The van der Waals surface area contributed by atoms with Crippen LogP contribution in [0, 0.1) is 11.3 Å². The van der Waals surface area contributed by atoms with Crippen molar-refractivity contribution in [2.45, 2.75) is 13.3 Å². The predicted octanol–water partition coefficient (Wildman–Crippen LogP) is 3.77. The molecule has 2 rings (SSSR count). The van der Waals surface area contributed by atoms with E-state index in [2.05, 4.69) is 10.3 Å². The topological polar surface area (TPSA) is 75.0 Å². The van der Waals surface area contributed by atoms with Crippen LogP contribution < -0.4 is 5.32 Å². The number of anilines is 1. The molecule has 0 aliphatic heterocycles. The van der Waals surface area contributed by atoms with Gasteiger partial charge < -0.3 is 10.1 Å².